The summed E-state index contributed by atoms with van der Waals surface area (Å²) >= 11 is 5.82. The molecule has 0 radical (unpaired) electrons. The molecule has 0 unspecified atom stereocenters. The fraction of sp³-hybridized carbons (Fsp3) is 0.304. The fourth-order valence-electron chi connectivity index (χ4n) is 2.85. The highest BCUT2D eigenvalue weighted by Crippen LogP contribution is 2.37. The second kappa shape index (κ2) is 10.6. The SMILES string of the molecule is C#CCCC1(CCC(=O)NCc2ccc(OCC(=O)Nc3ccc(Cl)cc3)cc2)N=N1. The molecule has 0 saturated carbocycles. The number of nitrogens with one attached hydrogen (secondary N) is 2. The highest BCUT2D eigenvalue weighted by molar-refractivity contribution is 6.30. The van der Waals surface area contributed by atoms with Crippen LogP contribution in [0.4, 0.5) is 5.69 Å². The average Bonchev–Trinajstić information content (AvgIpc) is 3.56. The molecule has 0 aliphatic carbocycles. The van der Waals surface area contributed by atoms with E-state index in [9.17, 15) is 9.59 Å². The average molecular weight is 439 g/mol. The highest BCUT2D eigenvalue weighted by atomic mass is 35.5. The Labute approximate surface area is 186 Å². The summed E-state index contributed by atoms with van der Waals surface area (Å²) in [6.45, 7) is 0.290. The first-order valence-electron chi connectivity index (χ1n) is 9.89. The minimum absolute atomic E-state index is 0.0587. The molecule has 2 aromatic rings. The van der Waals surface area contributed by atoms with Crippen LogP contribution in [0.5, 0.6) is 5.75 Å². The van der Waals surface area contributed by atoms with E-state index in [-0.39, 0.29) is 18.4 Å². The predicted molar refractivity (Wildman–Crippen MR) is 119 cm³/mol. The molecule has 0 atom stereocenters. The van der Waals surface area contributed by atoms with E-state index in [1.54, 1.807) is 36.4 Å². The number of carbonyl (C=O) groups excluding carboxylic acids is 2. The maximum Gasteiger partial charge on any atom is 0.262 e. The molecule has 0 fully saturated rings. The number of rotatable bonds is 11. The van der Waals surface area contributed by atoms with Crippen LogP contribution >= 0.6 is 11.6 Å². The summed E-state index contributed by atoms with van der Waals surface area (Å²) in [7, 11) is 0. The standard InChI is InChI=1S/C23H23ClN4O3/c1-2-3-13-23(27-28-23)14-12-21(29)25-15-17-4-10-20(11-5-17)31-16-22(30)26-19-8-6-18(24)7-9-19/h1,4-11H,3,12-16H2,(H,25,29)(H,26,30). The van der Waals surface area contributed by atoms with Crippen LogP contribution in [0.25, 0.3) is 0 Å². The number of hydrogen-bond donors (Lipinski definition) is 2. The normalized spacial score (nSPS) is 13.2. The van der Waals surface area contributed by atoms with E-state index in [1.807, 2.05) is 12.1 Å². The van der Waals surface area contributed by atoms with Gasteiger partial charge in [0.05, 0.1) is 0 Å². The minimum Gasteiger partial charge on any atom is -0.484 e. The number of carbonyl (C=O) groups is 2. The fourth-order valence-corrected chi connectivity index (χ4v) is 2.98. The van der Waals surface area contributed by atoms with Crippen LogP contribution in [0.1, 0.15) is 31.2 Å². The number of anilines is 1. The lowest BCUT2D eigenvalue weighted by atomic mass is 10.0. The van der Waals surface area contributed by atoms with E-state index in [0.717, 1.165) is 5.56 Å². The monoisotopic (exact) mass is 438 g/mol. The number of hydrogen-bond acceptors (Lipinski definition) is 5. The zero-order chi connectivity index (χ0) is 22.1. The number of benzene rings is 2. The van der Waals surface area contributed by atoms with E-state index in [4.69, 9.17) is 22.8 Å². The van der Waals surface area contributed by atoms with Crippen LogP contribution < -0.4 is 15.4 Å². The van der Waals surface area contributed by atoms with E-state index >= 15 is 0 Å². The molecule has 0 aromatic heterocycles. The van der Waals surface area contributed by atoms with Gasteiger partial charge < -0.3 is 15.4 Å². The lowest BCUT2D eigenvalue weighted by Gasteiger charge is -2.10. The summed E-state index contributed by atoms with van der Waals surface area (Å²) in [4.78, 5) is 24.0. The molecule has 2 aromatic carbocycles. The number of nitrogens with zero attached hydrogens (tertiary/aromatic N) is 2. The van der Waals surface area contributed by atoms with Crippen molar-refractivity contribution >= 4 is 29.1 Å². The molecule has 7 nitrogen and oxygen atoms in total. The molecule has 3 rings (SSSR count). The van der Waals surface area contributed by atoms with Gasteiger partial charge in [0.15, 0.2) is 12.3 Å². The van der Waals surface area contributed by atoms with Gasteiger partial charge in [-0.05, 0) is 42.0 Å². The van der Waals surface area contributed by atoms with Gasteiger partial charge in [-0.2, -0.15) is 10.2 Å². The number of ether oxygens (including phenoxy) is 1. The molecular formula is C23H23ClN4O3. The second-order valence-electron chi connectivity index (χ2n) is 7.15. The predicted octanol–water partition coefficient (Wildman–Crippen LogP) is 4.33. The van der Waals surface area contributed by atoms with Crippen molar-refractivity contribution in [3.05, 3.63) is 59.1 Å². The second-order valence-corrected chi connectivity index (χ2v) is 7.59. The summed E-state index contributed by atoms with van der Waals surface area (Å²) in [5, 5.41) is 14.3. The van der Waals surface area contributed by atoms with E-state index in [1.165, 1.54) is 0 Å². The van der Waals surface area contributed by atoms with Gasteiger partial charge in [0, 0.05) is 42.9 Å². The Morgan fingerprint density at radius 3 is 2.39 bits per heavy atom. The van der Waals surface area contributed by atoms with Crippen molar-refractivity contribution in [2.45, 2.75) is 37.9 Å². The van der Waals surface area contributed by atoms with Crippen molar-refractivity contribution in [2.75, 3.05) is 11.9 Å². The van der Waals surface area contributed by atoms with E-state index in [2.05, 4.69) is 26.8 Å². The Morgan fingerprint density at radius 1 is 1.03 bits per heavy atom. The van der Waals surface area contributed by atoms with Crippen LogP contribution in [0, 0.1) is 12.3 Å². The molecule has 2 amide bonds. The quantitative estimate of drug-likeness (QED) is 0.511. The molecular weight excluding hydrogens is 416 g/mol. The molecule has 2 N–H and O–H groups in total. The summed E-state index contributed by atoms with van der Waals surface area (Å²) in [5.74, 6) is 2.81. The molecule has 160 valence electrons. The largest absolute Gasteiger partial charge is 0.484 e. The first-order chi connectivity index (χ1) is 15.0. The lowest BCUT2D eigenvalue weighted by molar-refractivity contribution is -0.121. The van der Waals surface area contributed by atoms with Crippen LogP contribution in [0.2, 0.25) is 5.02 Å². The van der Waals surface area contributed by atoms with Crippen LogP contribution in [0.15, 0.2) is 58.8 Å². The van der Waals surface area contributed by atoms with Gasteiger partial charge in [0.25, 0.3) is 5.91 Å². The number of halogens is 1. The van der Waals surface area contributed by atoms with Crippen LogP contribution in [-0.4, -0.2) is 24.1 Å². The molecule has 0 saturated heterocycles. The van der Waals surface area contributed by atoms with Gasteiger partial charge in [0.1, 0.15) is 5.75 Å². The summed E-state index contributed by atoms with van der Waals surface area (Å²) in [6, 6.07) is 14.0. The molecule has 0 spiro atoms. The maximum absolute atomic E-state index is 12.1. The summed E-state index contributed by atoms with van der Waals surface area (Å²) in [5.41, 5.74) is 1.13. The third kappa shape index (κ3) is 7.43. The highest BCUT2D eigenvalue weighted by Gasteiger charge is 2.39. The van der Waals surface area contributed by atoms with Gasteiger partial charge in [-0.15, -0.1) is 12.3 Å². The number of terminal acetylenes is 1. The van der Waals surface area contributed by atoms with Crippen LogP contribution in [0.3, 0.4) is 0 Å². The number of amides is 2. The summed E-state index contributed by atoms with van der Waals surface area (Å²) < 4.78 is 5.50. The molecule has 8 heteroatoms. The zero-order valence-corrected chi connectivity index (χ0v) is 17.7. The van der Waals surface area contributed by atoms with Crippen molar-refractivity contribution in [1.82, 2.24) is 5.32 Å². The van der Waals surface area contributed by atoms with Crippen molar-refractivity contribution < 1.29 is 14.3 Å². The minimum atomic E-state index is -0.442. The van der Waals surface area contributed by atoms with Crippen molar-refractivity contribution in [3.8, 4) is 18.1 Å². The lowest BCUT2D eigenvalue weighted by Crippen LogP contribution is -2.24. The van der Waals surface area contributed by atoms with Crippen molar-refractivity contribution in [2.24, 2.45) is 10.2 Å². The van der Waals surface area contributed by atoms with Gasteiger partial charge in [-0.25, -0.2) is 0 Å². The smallest absolute Gasteiger partial charge is 0.262 e. The molecule has 0 bridgehead atoms. The Kier molecular flexibility index (Phi) is 7.63. The van der Waals surface area contributed by atoms with Crippen LogP contribution in [-0.2, 0) is 16.1 Å². The Hall–Kier alpha value is -3.37. The van der Waals surface area contributed by atoms with Crippen molar-refractivity contribution in [1.29, 1.82) is 0 Å². The third-order valence-corrected chi connectivity index (χ3v) is 4.97. The third-order valence-electron chi connectivity index (χ3n) is 4.72. The summed E-state index contributed by atoms with van der Waals surface area (Å²) in [6.07, 6.45) is 7.48. The van der Waals surface area contributed by atoms with Gasteiger partial charge >= 0.3 is 0 Å². The van der Waals surface area contributed by atoms with Crippen molar-refractivity contribution in [3.63, 3.8) is 0 Å². The maximum atomic E-state index is 12.1. The molecule has 1 aliphatic rings. The molecule has 31 heavy (non-hydrogen) atoms. The van der Waals surface area contributed by atoms with E-state index in [0.29, 0.717) is 48.7 Å². The zero-order valence-electron chi connectivity index (χ0n) is 16.9. The van der Waals surface area contributed by atoms with Gasteiger partial charge in [0.2, 0.25) is 5.91 Å². The molecule has 1 heterocycles. The molecule has 1 aliphatic heterocycles. The Bertz CT molecular complexity index is 975. The van der Waals surface area contributed by atoms with Gasteiger partial charge in [-0.3, -0.25) is 9.59 Å². The Morgan fingerprint density at radius 2 is 1.74 bits per heavy atom. The first-order valence-corrected chi connectivity index (χ1v) is 10.3. The Balaban J connectivity index is 1.35. The topological polar surface area (TPSA) is 92.1 Å². The van der Waals surface area contributed by atoms with E-state index < -0.39 is 5.66 Å². The van der Waals surface area contributed by atoms with Gasteiger partial charge in [-0.1, -0.05) is 23.7 Å². The first kappa shape index (κ1) is 22.3.